The van der Waals surface area contributed by atoms with Gasteiger partial charge in [-0.05, 0) is 24.6 Å². The predicted octanol–water partition coefficient (Wildman–Crippen LogP) is 2.26. The van der Waals surface area contributed by atoms with Gasteiger partial charge < -0.3 is 10.2 Å². The van der Waals surface area contributed by atoms with Crippen LogP contribution in [0.4, 0.5) is 5.82 Å². The SMILES string of the molecule is Cc1cc(N/N=C(\CCC(=O)O)C(=O)O)nc2ccccc12. The van der Waals surface area contributed by atoms with Crippen molar-refractivity contribution < 1.29 is 19.8 Å². The number of fused-ring (bicyclic) bond motifs is 1. The van der Waals surface area contributed by atoms with Gasteiger partial charge >= 0.3 is 11.9 Å². The average Bonchev–Trinajstić information content (AvgIpc) is 2.46. The minimum atomic E-state index is -1.26. The molecule has 0 aliphatic carbocycles. The lowest BCUT2D eigenvalue weighted by Gasteiger charge is -2.06. The van der Waals surface area contributed by atoms with Crippen molar-refractivity contribution in [2.24, 2.45) is 5.10 Å². The van der Waals surface area contributed by atoms with Gasteiger partial charge in [0.1, 0.15) is 11.5 Å². The number of hydrazone groups is 1. The normalized spacial score (nSPS) is 11.4. The summed E-state index contributed by atoms with van der Waals surface area (Å²) >= 11 is 0. The molecular formula is C15H15N3O4. The van der Waals surface area contributed by atoms with Crippen LogP contribution < -0.4 is 5.43 Å². The van der Waals surface area contributed by atoms with Crippen LogP contribution >= 0.6 is 0 Å². The van der Waals surface area contributed by atoms with E-state index in [1.165, 1.54) is 0 Å². The number of aliphatic carboxylic acids is 2. The second kappa shape index (κ2) is 6.66. The fraction of sp³-hybridized carbons (Fsp3) is 0.200. The van der Waals surface area contributed by atoms with E-state index in [2.05, 4.69) is 15.5 Å². The van der Waals surface area contributed by atoms with Crippen molar-refractivity contribution in [3.8, 4) is 0 Å². The van der Waals surface area contributed by atoms with Gasteiger partial charge in [0, 0.05) is 11.8 Å². The van der Waals surface area contributed by atoms with Gasteiger partial charge in [-0.2, -0.15) is 5.10 Å². The second-order valence-electron chi connectivity index (χ2n) is 4.71. The van der Waals surface area contributed by atoms with Gasteiger partial charge in [0.05, 0.1) is 11.9 Å². The van der Waals surface area contributed by atoms with Gasteiger partial charge in [-0.15, -0.1) is 0 Å². The molecule has 0 saturated heterocycles. The van der Waals surface area contributed by atoms with Crippen molar-refractivity contribution in [3.63, 3.8) is 0 Å². The van der Waals surface area contributed by atoms with Gasteiger partial charge in [-0.3, -0.25) is 10.2 Å². The van der Waals surface area contributed by atoms with E-state index in [0.29, 0.717) is 5.82 Å². The van der Waals surface area contributed by atoms with Crippen LogP contribution in [0.15, 0.2) is 35.4 Å². The molecule has 0 fully saturated rings. The Bertz CT molecular complexity index is 756. The minimum Gasteiger partial charge on any atom is -0.481 e. The fourth-order valence-electron chi connectivity index (χ4n) is 1.97. The summed E-state index contributed by atoms with van der Waals surface area (Å²) in [6.07, 6.45) is -0.457. The summed E-state index contributed by atoms with van der Waals surface area (Å²) in [6.45, 7) is 1.92. The Morgan fingerprint density at radius 1 is 1.23 bits per heavy atom. The zero-order valence-corrected chi connectivity index (χ0v) is 11.9. The largest absolute Gasteiger partial charge is 0.481 e. The van der Waals surface area contributed by atoms with Crippen molar-refractivity contribution in [1.29, 1.82) is 0 Å². The van der Waals surface area contributed by atoms with Gasteiger partial charge in [0.25, 0.3) is 0 Å². The third kappa shape index (κ3) is 3.78. The van der Waals surface area contributed by atoms with Gasteiger partial charge in [0.15, 0.2) is 0 Å². The van der Waals surface area contributed by atoms with E-state index in [9.17, 15) is 9.59 Å². The number of pyridine rings is 1. The number of carboxylic acids is 2. The number of carbonyl (C=O) groups is 2. The van der Waals surface area contributed by atoms with Crippen LogP contribution in [0.25, 0.3) is 10.9 Å². The summed E-state index contributed by atoms with van der Waals surface area (Å²) < 4.78 is 0. The third-order valence-electron chi connectivity index (χ3n) is 3.05. The van der Waals surface area contributed by atoms with E-state index in [-0.39, 0.29) is 18.6 Å². The van der Waals surface area contributed by atoms with E-state index in [0.717, 1.165) is 16.5 Å². The third-order valence-corrected chi connectivity index (χ3v) is 3.05. The Labute approximate surface area is 126 Å². The summed E-state index contributed by atoms with van der Waals surface area (Å²) in [5.41, 5.74) is 4.08. The molecule has 0 amide bonds. The first kappa shape index (κ1) is 15.4. The van der Waals surface area contributed by atoms with Crippen LogP contribution in [0.2, 0.25) is 0 Å². The summed E-state index contributed by atoms with van der Waals surface area (Å²) in [6, 6.07) is 9.32. The molecule has 2 aromatic rings. The number of aromatic nitrogens is 1. The van der Waals surface area contributed by atoms with Crippen molar-refractivity contribution in [2.45, 2.75) is 19.8 Å². The molecule has 1 aromatic carbocycles. The highest BCUT2D eigenvalue weighted by atomic mass is 16.4. The predicted molar refractivity (Wildman–Crippen MR) is 82.0 cm³/mol. The molecule has 7 nitrogen and oxygen atoms in total. The number of nitrogens with one attached hydrogen (secondary N) is 1. The lowest BCUT2D eigenvalue weighted by atomic mass is 10.1. The van der Waals surface area contributed by atoms with E-state index in [1.807, 2.05) is 31.2 Å². The standard InChI is InChI=1S/C15H15N3O4/c1-9-8-13(16-11-5-3-2-4-10(9)11)18-17-12(15(21)22)6-7-14(19)20/h2-5,8H,6-7H2,1H3,(H,16,18)(H,19,20)(H,21,22)/b17-12+. The van der Waals surface area contributed by atoms with E-state index in [1.54, 1.807) is 6.07 Å². The molecule has 0 aliphatic heterocycles. The molecule has 0 saturated carbocycles. The maximum Gasteiger partial charge on any atom is 0.352 e. The summed E-state index contributed by atoms with van der Waals surface area (Å²) in [7, 11) is 0. The monoisotopic (exact) mass is 301 g/mol. The lowest BCUT2D eigenvalue weighted by molar-refractivity contribution is -0.136. The summed E-state index contributed by atoms with van der Waals surface area (Å²) in [5, 5.41) is 22.4. The highest BCUT2D eigenvalue weighted by molar-refractivity contribution is 6.35. The molecule has 1 heterocycles. The Morgan fingerprint density at radius 3 is 2.64 bits per heavy atom. The molecule has 0 unspecified atom stereocenters. The molecule has 1 aromatic heterocycles. The van der Waals surface area contributed by atoms with Gasteiger partial charge in [-0.1, -0.05) is 18.2 Å². The zero-order chi connectivity index (χ0) is 16.1. The number of benzene rings is 1. The highest BCUT2D eigenvalue weighted by Gasteiger charge is 2.12. The number of carboxylic acid groups (broad SMARTS) is 2. The number of anilines is 1. The fourth-order valence-corrected chi connectivity index (χ4v) is 1.97. The average molecular weight is 301 g/mol. The molecule has 0 atom stereocenters. The van der Waals surface area contributed by atoms with E-state index in [4.69, 9.17) is 10.2 Å². The Kier molecular flexibility index (Phi) is 4.67. The Morgan fingerprint density at radius 2 is 1.95 bits per heavy atom. The molecular weight excluding hydrogens is 286 g/mol. The Balaban J connectivity index is 2.23. The van der Waals surface area contributed by atoms with Crippen LogP contribution in [0.1, 0.15) is 18.4 Å². The molecule has 7 heteroatoms. The quantitative estimate of drug-likeness (QED) is 0.557. The first-order valence-electron chi connectivity index (χ1n) is 6.61. The second-order valence-corrected chi connectivity index (χ2v) is 4.71. The molecule has 2 rings (SSSR count). The Hall–Kier alpha value is -2.96. The molecule has 22 heavy (non-hydrogen) atoms. The van der Waals surface area contributed by atoms with Crippen molar-refractivity contribution in [2.75, 3.05) is 5.43 Å². The van der Waals surface area contributed by atoms with Crippen LogP contribution in [0, 0.1) is 6.92 Å². The first-order valence-corrected chi connectivity index (χ1v) is 6.61. The van der Waals surface area contributed by atoms with Crippen molar-refractivity contribution in [3.05, 3.63) is 35.9 Å². The smallest absolute Gasteiger partial charge is 0.352 e. The van der Waals surface area contributed by atoms with Gasteiger partial charge in [0.2, 0.25) is 0 Å². The zero-order valence-electron chi connectivity index (χ0n) is 11.9. The van der Waals surface area contributed by atoms with Crippen LogP contribution in [0.3, 0.4) is 0 Å². The molecule has 0 aliphatic rings. The number of nitrogens with zero attached hydrogens (tertiary/aromatic N) is 2. The molecule has 114 valence electrons. The molecule has 0 bridgehead atoms. The minimum absolute atomic E-state index is 0.162. The maximum absolute atomic E-state index is 11.0. The number of para-hydroxylation sites is 1. The number of aryl methyl sites for hydroxylation is 1. The summed E-state index contributed by atoms with van der Waals surface area (Å²) in [4.78, 5) is 25.9. The number of rotatable bonds is 6. The molecule has 0 spiro atoms. The number of hydrogen-bond acceptors (Lipinski definition) is 5. The molecule has 3 N–H and O–H groups in total. The van der Waals surface area contributed by atoms with E-state index >= 15 is 0 Å². The summed E-state index contributed by atoms with van der Waals surface area (Å²) in [5.74, 6) is -1.93. The van der Waals surface area contributed by atoms with Crippen LogP contribution in [-0.2, 0) is 9.59 Å². The van der Waals surface area contributed by atoms with Crippen LogP contribution in [0.5, 0.6) is 0 Å². The van der Waals surface area contributed by atoms with E-state index < -0.39 is 11.9 Å². The number of hydrogen-bond donors (Lipinski definition) is 3. The lowest BCUT2D eigenvalue weighted by Crippen LogP contribution is -2.16. The molecule has 0 radical (unpaired) electrons. The topological polar surface area (TPSA) is 112 Å². The maximum atomic E-state index is 11.0. The van der Waals surface area contributed by atoms with Crippen molar-refractivity contribution >= 4 is 34.4 Å². The van der Waals surface area contributed by atoms with Crippen LogP contribution in [-0.4, -0.2) is 32.8 Å². The first-order chi connectivity index (χ1) is 10.5. The van der Waals surface area contributed by atoms with Crippen molar-refractivity contribution in [1.82, 2.24) is 4.98 Å². The highest BCUT2D eigenvalue weighted by Crippen LogP contribution is 2.19. The van der Waals surface area contributed by atoms with Gasteiger partial charge in [-0.25, -0.2) is 9.78 Å².